The lowest BCUT2D eigenvalue weighted by atomic mass is 10.2. The quantitative estimate of drug-likeness (QED) is 0.901. The zero-order valence-electron chi connectivity index (χ0n) is 11.4. The van der Waals surface area contributed by atoms with E-state index in [9.17, 15) is 0 Å². The molecule has 4 nitrogen and oxygen atoms in total. The second-order valence-electron chi connectivity index (χ2n) is 4.89. The van der Waals surface area contributed by atoms with Gasteiger partial charge in [-0.3, -0.25) is 0 Å². The summed E-state index contributed by atoms with van der Waals surface area (Å²) < 4.78 is 2.02. The van der Waals surface area contributed by atoms with Crippen molar-refractivity contribution in [3.63, 3.8) is 0 Å². The minimum atomic E-state index is 0.595. The molecule has 0 saturated heterocycles. The van der Waals surface area contributed by atoms with Gasteiger partial charge in [0, 0.05) is 17.5 Å². The fourth-order valence-electron chi connectivity index (χ4n) is 1.88. The summed E-state index contributed by atoms with van der Waals surface area (Å²) in [5.74, 6) is 1.67. The third-order valence-corrected chi connectivity index (χ3v) is 3.76. The Morgan fingerprint density at radius 2 is 2.17 bits per heavy atom. The van der Waals surface area contributed by atoms with Crippen molar-refractivity contribution in [3.05, 3.63) is 27.8 Å². The van der Waals surface area contributed by atoms with E-state index in [4.69, 9.17) is 0 Å². The molecule has 2 heterocycles. The van der Waals surface area contributed by atoms with Gasteiger partial charge in [0.15, 0.2) is 0 Å². The summed E-state index contributed by atoms with van der Waals surface area (Å²) in [5.41, 5.74) is 1.12. The molecule has 0 aromatic carbocycles. The molecule has 2 rings (SSSR count). The number of aryl methyl sites for hydroxylation is 2. The fourth-order valence-corrected chi connectivity index (χ4v) is 2.76. The van der Waals surface area contributed by atoms with Crippen LogP contribution in [-0.2, 0) is 13.1 Å². The molecule has 0 aliphatic rings. The number of rotatable bonds is 5. The van der Waals surface area contributed by atoms with Crippen molar-refractivity contribution in [2.45, 2.75) is 40.8 Å². The van der Waals surface area contributed by atoms with Gasteiger partial charge in [0.2, 0.25) is 0 Å². The summed E-state index contributed by atoms with van der Waals surface area (Å²) in [6.07, 6.45) is 1.84. The number of nitrogens with zero attached hydrogens (tertiary/aromatic N) is 3. The average molecular weight is 264 g/mol. The molecule has 1 N–H and O–H groups in total. The summed E-state index contributed by atoms with van der Waals surface area (Å²) in [5, 5.41) is 8.90. The first kappa shape index (κ1) is 13.1. The molecule has 0 aliphatic heterocycles. The summed E-state index contributed by atoms with van der Waals surface area (Å²) in [6.45, 7) is 10.3. The van der Waals surface area contributed by atoms with Crippen LogP contribution < -0.4 is 5.32 Å². The minimum absolute atomic E-state index is 0.595. The van der Waals surface area contributed by atoms with Gasteiger partial charge in [0.25, 0.3) is 0 Å². The van der Waals surface area contributed by atoms with Gasteiger partial charge in [-0.1, -0.05) is 13.8 Å². The highest BCUT2D eigenvalue weighted by Crippen LogP contribution is 2.19. The van der Waals surface area contributed by atoms with E-state index in [1.54, 1.807) is 11.3 Å². The van der Waals surface area contributed by atoms with Gasteiger partial charge in [-0.15, -0.1) is 11.3 Å². The van der Waals surface area contributed by atoms with E-state index >= 15 is 0 Å². The third-order valence-electron chi connectivity index (χ3n) is 2.68. The van der Waals surface area contributed by atoms with Gasteiger partial charge < -0.3 is 5.32 Å². The number of hydrogen-bond donors (Lipinski definition) is 1. The molecule has 0 atom stereocenters. The van der Waals surface area contributed by atoms with E-state index in [2.05, 4.69) is 36.2 Å². The molecule has 18 heavy (non-hydrogen) atoms. The van der Waals surface area contributed by atoms with E-state index in [-0.39, 0.29) is 0 Å². The molecule has 2 aromatic heterocycles. The zero-order valence-corrected chi connectivity index (χ0v) is 12.2. The lowest BCUT2D eigenvalue weighted by Crippen LogP contribution is -2.11. The number of aromatic nitrogens is 3. The van der Waals surface area contributed by atoms with Gasteiger partial charge in [0.1, 0.15) is 5.82 Å². The molecule has 0 amide bonds. The van der Waals surface area contributed by atoms with Gasteiger partial charge in [-0.2, -0.15) is 5.10 Å². The minimum Gasteiger partial charge on any atom is -0.365 e. The maximum atomic E-state index is 4.44. The van der Waals surface area contributed by atoms with Crippen LogP contribution in [0, 0.1) is 19.8 Å². The van der Waals surface area contributed by atoms with Crippen LogP contribution in [0.4, 0.5) is 5.82 Å². The second-order valence-corrected chi connectivity index (χ2v) is 6.18. The largest absolute Gasteiger partial charge is 0.365 e. The molecule has 98 valence electrons. The lowest BCUT2D eigenvalue weighted by molar-refractivity contribution is 0.487. The Morgan fingerprint density at radius 1 is 1.39 bits per heavy atom. The molecule has 0 fully saturated rings. The first-order chi connectivity index (χ1) is 8.56. The molecule has 0 saturated carbocycles. The average Bonchev–Trinajstić information content (AvgIpc) is 2.82. The Kier molecular flexibility index (Phi) is 4.01. The topological polar surface area (TPSA) is 42.7 Å². The lowest BCUT2D eigenvalue weighted by Gasteiger charge is -2.11. The van der Waals surface area contributed by atoms with Crippen molar-refractivity contribution in [3.8, 4) is 0 Å². The summed E-state index contributed by atoms with van der Waals surface area (Å²) in [6, 6.07) is 2.02. The van der Waals surface area contributed by atoms with E-state index in [1.807, 2.05) is 23.9 Å². The second kappa shape index (κ2) is 5.52. The van der Waals surface area contributed by atoms with E-state index in [1.165, 1.54) is 4.88 Å². The van der Waals surface area contributed by atoms with Crippen LogP contribution in [0.3, 0.4) is 0 Å². The van der Waals surface area contributed by atoms with Crippen LogP contribution in [0.25, 0.3) is 0 Å². The van der Waals surface area contributed by atoms with Crippen LogP contribution in [0.1, 0.15) is 29.4 Å². The Hall–Kier alpha value is -1.36. The van der Waals surface area contributed by atoms with Crippen LogP contribution >= 0.6 is 11.3 Å². The first-order valence-electron chi connectivity index (χ1n) is 6.25. The normalized spacial score (nSPS) is 11.2. The highest BCUT2D eigenvalue weighted by molar-refractivity contribution is 7.11. The Labute approximate surface area is 112 Å². The molecule has 0 aliphatic carbocycles. The smallest absolute Gasteiger partial charge is 0.124 e. The third kappa shape index (κ3) is 3.10. The van der Waals surface area contributed by atoms with Gasteiger partial charge >= 0.3 is 0 Å². The van der Waals surface area contributed by atoms with E-state index in [0.29, 0.717) is 5.92 Å². The van der Waals surface area contributed by atoms with Crippen molar-refractivity contribution in [1.29, 1.82) is 0 Å². The van der Waals surface area contributed by atoms with Crippen LogP contribution in [-0.4, -0.2) is 14.8 Å². The summed E-state index contributed by atoms with van der Waals surface area (Å²) in [4.78, 5) is 5.73. The molecule has 2 aromatic rings. The predicted molar refractivity (Wildman–Crippen MR) is 76.0 cm³/mol. The zero-order chi connectivity index (χ0) is 13.1. The van der Waals surface area contributed by atoms with Crippen molar-refractivity contribution in [2.75, 3.05) is 5.32 Å². The van der Waals surface area contributed by atoms with Crippen LogP contribution in [0.5, 0.6) is 0 Å². The Balaban J connectivity index is 2.02. The molecular formula is C13H20N4S. The highest BCUT2D eigenvalue weighted by Gasteiger charge is 2.07. The summed E-state index contributed by atoms with van der Waals surface area (Å²) in [7, 11) is 0. The number of hydrogen-bond acceptors (Lipinski definition) is 4. The van der Waals surface area contributed by atoms with Gasteiger partial charge in [-0.25, -0.2) is 9.67 Å². The number of thiazole rings is 1. The molecular weight excluding hydrogens is 244 g/mol. The van der Waals surface area contributed by atoms with Gasteiger partial charge in [0.05, 0.1) is 23.4 Å². The monoisotopic (exact) mass is 264 g/mol. The summed E-state index contributed by atoms with van der Waals surface area (Å²) >= 11 is 1.75. The number of anilines is 1. The first-order valence-corrected chi connectivity index (χ1v) is 7.06. The van der Waals surface area contributed by atoms with Crippen molar-refractivity contribution < 1.29 is 0 Å². The molecule has 0 unspecified atom stereocenters. The molecule has 0 radical (unpaired) electrons. The van der Waals surface area contributed by atoms with E-state index < -0.39 is 0 Å². The number of nitrogens with one attached hydrogen (secondary N) is 1. The SMILES string of the molecule is Cc1nc(C)c(CNc2ccnn2CC(C)C)s1. The van der Waals surface area contributed by atoms with Crippen LogP contribution in [0.2, 0.25) is 0 Å². The van der Waals surface area contributed by atoms with Crippen LogP contribution in [0.15, 0.2) is 12.3 Å². The predicted octanol–water partition coefficient (Wildman–Crippen LogP) is 3.22. The Morgan fingerprint density at radius 3 is 2.78 bits per heavy atom. The van der Waals surface area contributed by atoms with Crippen molar-refractivity contribution >= 4 is 17.2 Å². The highest BCUT2D eigenvalue weighted by atomic mass is 32.1. The van der Waals surface area contributed by atoms with Crippen molar-refractivity contribution in [2.24, 2.45) is 5.92 Å². The molecule has 0 bridgehead atoms. The maximum absolute atomic E-state index is 4.44. The Bertz CT molecular complexity index is 513. The van der Waals surface area contributed by atoms with Gasteiger partial charge in [-0.05, 0) is 19.8 Å². The molecule has 5 heteroatoms. The standard InChI is InChI=1S/C13H20N4S/c1-9(2)8-17-13(5-6-15-17)14-7-12-10(3)16-11(4)18-12/h5-6,9,14H,7-8H2,1-4H3. The van der Waals surface area contributed by atoms with Crippen molar-refractivity contribution in [1.82, 2.24) is 14.8 Å². The fraction of sp³-hybridized carbons (Fsp3) is 0.538. The maximum Gasteiger partial charge on any atom is 0.124 e. The molecule has 0 spiro atoms. The van der Waals surface area contributed by atoms with E-state index in [0.717, 1.165) is 29.6 Å².